The van der Waals surface area contributed by atoms with Crippen molar-refractivity contribution in [1.29, 1.82) is 0 Å². The maximum atomic E-state index is 4.87. The monoisotopic (exact) mass is 724 g/mol. The second-order valence-electron chi connectivity index (χ2n) is 16.1. The molecule has 0 bridgehead atoms. The molecular weight excluding hydrogens is 689 g/mol. The van der Waals surface area contributed by atoms with E-state index < -0.39 is 0 Å². The Labute approximate surface area is 330 Å². The molecule has 11 aromatic rings. The minimum atomic E-state index is -0.147. The predicted molar refractivity (Wildman–Crippen MR) is 241 cm³/mol. The smallest absolute Gasteiger partial charge is 0.0970 e. The number of nitrogens with zero attached hydrogens (tertiary/aromatic N) is 2. The fourth-order valence-corrected chi connectivity index (χ4v) is 9.92. The Hall–Kier alpha value is -7.16. The number of rotatable bonds is 3. The molecule has 2 heterocycles. The lowest BCUT2D eigenvalue weighted by molar-refractivity contribution is 0.661. The van der Waals surface area contributed by atoms with Crippen LogP contribution in [0.4, 0.5) is 0 Å². The van der Waals surface area contributed by atoms with Crippen LogP contribution in [-0.2, 0) is 5.41 Å². The lowest BCUT2D eigenvalue weighted by Crippen LogP contribution is -2.14. The summed E-state index contributed by atoms with van der Waals surface area (Å²) in [7, 11) is 0. The van der Waals surface area contributed by atoms with Gasteiger partial charge in [-0.05, 0) is 147 Å². The zero-order valence-corrected chi connectivity index (χ0v) is 31.7. The van der Waals surface area contributed by atoms with Crippen molar-refractivity contribution in [3.63, 3.8) is 0 Å². The minimum absolute atomic E-state index is 0.147. The predicted octanol–water partition coefficient (Wildman–Crippen LogP) is 14.7. The van der Waals surface area contributed by atoms with Gasteiger partial charge in [0.25, 0.3) is 0 Å². The van der Waals surface area contributed by atoms with Crippen molar-refractivity contribution in [2.45, 2.75) is 19.3 Å². The summed E-state index contributed by atoms with van der Waals surface area (Å²) in [5, 5.41) is 12.2. The van der Waals surface area contributed by atoms with Crippen molar-refractivity contribution in [2.75, 3.05) is 0 Å². The molecule has 0 saturated heterocycles. The van der Waals surface area contributed by atoms with Gasteiger partial charge in [-0.1, -0.05) is 135 Å². The Kier molecular flexibility index (Phi) is 6.72. The van der Waals surface area contributed by atoms with Crippen LogP contribution >= 0.6 is 0 Å². The molecule has 1 aliphatic rings. The summed E-state index contributed by atoms with van der Waals surface area (Å²) < 4.78 is 0. The van der Waals surface area contributed by atoms with E-state index in [-0.39, 0.29) is 5.41 Å². The van der Waals surface area contributed by atoms with Gasteiger partial charge in [-0.25, -0.2) is 0 Å². The number of pyridine rings is 2. The molecular formula is C55H36N2. The van der Waals surface area contributed by atoms with Gasteiger partial charge < -0.3 is 0 Å². The molecule has 0 atom stereocenters. The van der Waals surface area contributed by atoms with E-state index in [0.717, 1.165) is 32.9 Å². The van der Waals surface area contributed by atoms with E-state index >= 15 is 0 Å². The van der Waals surface area contributed by atoms with Gasteiger partial charge in [0.1, 0.15) is 0 Å². The second-order valence-corrected chi connectivity index (χ2v) is 16.1. The fraction of sp³-hybridized carbons (Fsp3) is 0.0545. The van der Waals surface area contributed by atoms with Crippen LogP contribution in [0.25, 0.3) is 109 Å². The van der Waals surface area contributed by atoms with E-state index in [4.69, 9.17) is 9.97 Å². The third kappa shape index (κ3) is 4.71. The first kappa shape index (κ1) is 32.1. The van der Waals surface area contributed by atoms with E-state index in [1.165, 1.54) is 87.6 Å². The average molecular weight is 725 g/mol. The Morgan fingerprint density at radius 1 is 0.333 bits per heavy atom. The number of aromatic nitrogens is 2. The Bertz CT molecular complexity index is 3500. The highest BCUT2D eigenvalue weighted by atomic mass is 14.7. The van der Waals surface area contributed by atoms with E-state index in [2.05, 4.69) is 172 Å². The number of hydrogen-bond acceptors (Lipinski definition) is 2. The molecule has 0 fully saturated rings. The lowest BCUT2D eigenvalue weighted by Gasteiger charge is -2.24. The highest BCUT2D eigenvalue weighted by molar-refractivity contribution is 6.24. The van der Waals surface area contributed by atoms with Gasteiger partial charge in [0.15, 0.2) is 0 Å². The third-order valence-corrected chi connectivity index (χ3v) is 12.7. The molecule has 57 heavy (non-hydrogen) atoms. The van der Waals surface area contributed by atoms with Gasteiger partial charge in [0.2, 0.25) is 0 Å². The summed E-state index contributed by atoms with van der Waals surface area (Å²) in [4.78, 5) is 9.64. The molecule has 0 aliphatic heterocycles. The first-order valence-electron chi connectivity index (χ1n) is 19.8. The number of fused-ring (bicyclic) bond motifs is 10. The summed E-state index contributed by atoms with van der Waals surface area (Å²) >= 11 is 0. The number of hydrogen-bond donors (Lipinski definition) is 0. The standard InChI is InChI=1S/C55H36N2/c1-55(2)49-18-8-7-16-41(49)45-31-47-48(32-50(45)55)52(39-22-20-34-12-4-6-14-36(34)28-39)46-29-37(44-30-40-15-9-25-56-53(40)54-43(44)17-10-26-57-54)23-24-42(46)51(47)38-21-19-33-11-3-5-13-35(33)27-38/h3-32H,1-2H3. The molecule has 0 amide bonds. The molecule has 0 N–H and O–H groups in total. The minimum Gasteiger partial charge on any atom is -0.254 e. The molecule has 2 aromatic heterocycles. The van der Waals surface area contributed by atoms with Crippen LogP contribution in [-0.4, -0.2) is 9.97 Å². The van der Waals surface area contributed by atoms with Crippen LogP contribution in [0, 0.1) is 0 Å². The van der Waals surface area contributed by atoms with Gasteiger partial charge >= 0.3 is 0 Å². The topological polar surface area (TPSA) is 25.8 Å². The van der Waals surface area contributed by atoms with Crippen LogP contribution < -0.4 is 0 Å². The van der Waals surface area contributed by atoms with E-state index in [1.54, 1.807) is 0 Å². The van der Waals surface area contributed by atoms with Crippen LogP contribution in [0.3, 0.4) is 0 Å². The summed E-state index contributed by atoms with van der Waals surface area (Å²) in [5.41, 5.74) is 14.4. The molecule has 12 rings (SSSR count). The lowest BCUT2D eigenvalue weighted by atomic mass is 9.79. The first-order valence-corrected chi connectivity index (χ1v) is 19.8. The Balaban J connectivity index is 1.26. The summed E-state index contributed by atoms with van der Waals surface area (Å²) in [6.45, 7) is 4.77. The zero-order chi connectivity index (χ0) is 37.8. The van der Waals surface area contributed by atoms with E-state index in [1.807, 2.05) is 24.5 Å². The molecule has 0 spiro atoms. The van der Waals surface area contributed by atoms with Gasteiger partial charge in [-0.3, -0.25) is 9.97 Å². The van der Waals surface area contributed by atoms with Crippen molar-refractivity contribution in [2.24, 2.45) is 0 Å². The molecule has 1 aliphatic carbocycles. The van der Waals surface area contributed by atoms with Crippen molar-refractivity contribution in [3.8, 4) is 44.5 Å². The average Bonchev–Trinajstić information content (AvgIpc) is 3.48. The van der Waals surface area contributed by atoms with Crippen molar-refractivity contribution < 1.29 is 0 Å². The maximum absolute atomic E-state index is 4.87. The van der Waals surface area contributed by atoms with E-state index in [0.29, 0.717) is 0 Å². The fourth-order valence-electron chi connectivity index (χ4n) is 9.92. The highest BCUT2D eigenvalue weighted by Crippen LogP contribution is 2.54. The van der Waals surface area contributed by atoms with Gasteiger partial charge in [-0.15, -0.1) is 0 Å². The highest BCUT2D eigenvalue weighted by Gasteiger charge is 2.36. The molecule has 266 valence electrons. The van der Waals surface area contributed by atoms with Crippen molar-refractivity contribution in [1.82, 2.24) is 9.97 Å². The van der Waals surface area contributed by atoms with Gasteiger partial charge in [-0.2, -0.15) is 0 Å². The first-order chi connectivity index (χ1) is 28.0. The summed E-state index contributed by atoms with van der Waals surface area (Å²) in [6.07, 6.45) is 3.73. The normalized spacial score (nSPS) is 13.2. The molecule has 9 aromatic carbocycles. The van der Waals surface area contributed by atoms with Crippen molar-refractivity contribution >= 4 is 64.9 Å². The van der Waals surface area contributed by atoms with Crippen LogP contribution in [0.15, 0.2) is 182 Å². The largest absolute Gasteiger partial charge is 0.254 e. The van der Waals surface area contributed by atoms with Crippen molar-refractivity contribution in [3.05, 3.63) is 193 Å². The van der Waals surface area contributed by atoms with Crippen LogP contribution in [0.5, 0.6) is 0 Å². The quantitative estimate of drug-likeness (QED) is 0.134. The molecule has 2 nitrogen and oxygen atoms in total. The van der Waals surface area contributed by atoms with Crippen LogP contribution in [0.2, 0.25) is 0 Å². The SMILES string of the molecule is CC1(C)c2ccccc2-c2cc3c(-c4ccc5ccccc5c4)c4ccc(-c5cc6cccnc6c6ncccc56)cc4c(-c4ccc5ccccc5c4)c3cc21. The molecule has 0 radical (unpaired) electrons. The summed E-state index contributed by atoms with van der Waals surface area (Å²) in [5.74, 6) is 0. The second kappa shape index (κ2) is 11.9. The summed E-state index contributed by atoms with van der Waals surface area (Å²) in [6, 6.07) is 63.2. The zero-order valence-electron chi connectivity index (χ0n) is 31.7. The van der Waals surface area contributed by atoms with Gasteiger partial charge in [0, 0.05) is 28.6 Å². The number of benzene rings is 9. The molecule has 0 unspecified atom stereocenters. The molecule has 0 saturated carbocycles. The Morgan fingerprint density at radius 3 is 1.67 bits per heavy atom. The van der Waals surface area contributed by atoms with E-state index in [9.17, 15) is 0 Å². The van der Waals surface area contributed by atoms with Crippen LogP contribution in [0.1, 0.15) is 25.0 Å². The maximum Gasteiger partial charge on any atom is 0.0970 e. The molecule has 2 heteroatoms. The Morgan fingerprint density at radius 2 is 0.912 bits per heavy atom. The third-order valence-electron chi connectivity index (χ3n) is 12.7. The van der Waals surface area contributed by atoms with Gasteiger partial charge in [0.05, 0.1) is 11.0 Å².